The lowest BCUT2D eigenvalue weighted by Gasteiger charge is -2.22. The number of nitrogens with zero attached hydrogens (tertiary/aromatic N) is 2. The number of hydrogen-bond donors (Lipinski definition) is 2. The summed E-state index contributed by atoms with van der Waals surface area (Å²) >= 11 is 0. The van der Waals surface area contributed by atoms with Crippen LogP contribution in [0, 0.1) is 0 Å². The molecule has 0 spiro atoms. The largest absolute Gasteiger partial charge is 0.386 e. The fraction of sp³-hybridized carbons (Fsp3) is 0.333. The Labute approximate surface area is 170 Å². The molecule has 30 heavy (non-hydrogen) atoms. The van der Waals surface area contributed by atoms with Crippen molar-refractivity contribution in [2.24, 2.45) is 0 Å². The van der Waals surface area contributed by atoms with Gasteiger partial charge in [0.05, 0.1) is 24.5 Å². The van der Waals surface area contributed by atoms with Crippen molar-refractivity contribution < 1.29 is 36.0 Å². The average molecular weight is 449 g/mol. The maximum absolute atomic E-state index is 13.4. The molecule has 2 aromatic rings. The summed E-state index contributed by atoms with van der Waals surface area (Å²) in [5.41, 5.74) is 1.59. The third kappa shape index (κ3) is 6.21. The van der Waals surface area contributed by atoms with E-state index in [0.29, 0.717) is 11.1 Å². The van der Waals surface area contributed by atoms with Gasteiger partial charge in [-0.3, -0.25) is 9.78 Å². The van der Waals surface area contributed by atoms with E-state index in [0.717, 1.165) is 6.26 Å². The van der Waals surface area contributed by atoms with Gasteiger partial charge in [0, 0.05) is 11.8 Å². The lowest BCUT2D eigenvalue weighted by Crippen LogP contribution is -2.43. The van der Waals surface area contributed by atoms with Crippen LogP contribution in [-0.2, 0) is 21.4 Å². The number of halogens is 4. The Morgan fingerprint density at radius 1 is 1.17 bits per heavy atom. The molecule has 0 radical (unpaired) electrons. The normalized spacial score (nSPS) is 14.0. The highest BCUT2D eigenvalue weighted by Crippen LogP contribution is 2.24. The first kappa shape index (κ1) is 23.7. The van der Waals surface area contributed by atoms with E-state index in [2.05, 4.69) is 4.98 Å². The molecule has 1 aromatic carbocycles. The maximum Gasteiger partial charge on any atom is 0.315 e. The Bertz CT molecular complexity index is 956. The van der Waals surface area contributed by atoms with Crippen molar-refractivity contribution in [1.29, 1.82) is 0 Å². The van der Waals surface area contributed by atoms with E-state index in [9.17, 15) is 36.0 Å². The Morgan fingerprint density at radius 2 is 1.77 bits per heavy atom. The smallest absolute Gasteiger partial charge is 0.315 e. The first-order valence-corrected chi connectivity index (χ1v) is 10.4. The number of aliphatic hydroxyl groups is 1. The second kappa shape index (κ2) is 9.96. The zero-order valence-electron chi connectivity index (χ0n) is 15.7. The molecule has 2 rings (SSSR count). The average Bonchev–Trinajstić information content (AvgIpc) is 2.71. The van der Waals surface area contributed by atoms with E-state index < -0.39 is 47.7 Å². The molecule has 12 heteroatoms. The van der Waals surface area contributed by atoms with Crippen molar-refractivity contribution in [2.75, 3.05) is 12.9 Å². The number of benzene rings is 1. The van der Waals surface area contributed by atoms with Crippen molar-refractivity contribution in [3.8, 4) is 11.1 Å². The van der Waals surface area contributed by atoms with Gasteiger partial charge in [0.1, 0.15) is 12.8 Å². The number of alkyl halides is 3. The molecule has 0 unspecified atom stereocenters. The zero-order chi connectivity index (χ0) is 22.5. The maximum atomic E-state index is 13.4. The Balaban J connectivity index is 2.10. The monoisotopic (exact) mass is 449 g/mol. The standard InChI is InChI=1S/C18H19F4N3O4S/c1-30(28,29)25(22)10-14-7-6-13(9-23-14)11-2-4-12(5-3-11)16(26)15(8-19)24-18(27)17(20)21/h2-7,9,15-17,26H,8,10H2,1H3,(H,24,27)/t15-,16+/m1/s1. The van der Waals surface area contributed by atoms with E-state index >= 15 is 0 Å². The molecular formula is C18H19F4N3O4S. The molecule has 2 N–H and O–H groups in total. The van der Waals surface area contributed by atoms with Crippen LogP contribution in [0.3, 0.4) is 0 Å². The van der Waals surface area contributed by atoms with Crippen LogP contribution in [0.25, 0.3) is 11.1 Å². The summed E-state index contributed by atoms with van der Waals surface area (Å²) in [6.45, 7) is -1.79. The van der Waals surface area contributed by atoms with E-state index in [1.807, 2.05) is 0 Å². The number of aliphatic hydroxyl groups excluding tert-OH is 1. The van der Waals surface area contributed by atoms with Crippen LogP contribution in [0.1, 0.15) is 17.4 Å². The third-order valence-corrected chi connectivity index (χ3v) is 4.98. The number of pyridine rings is 1. The number of carbonyl (C=O) groups excluding carboxylic acids is 1. The number of sulfonamides is 1. The zero-order valence-corrected chi connectivity index (χ0v) is 16.5. The number of carbonyl (C=O) groups is 1. The van der Waals surface area contributed by atoms with Gasteiger partial charge in [0.25, 0.3) is 5.91 Å². The van der Waals surface area contributed by atoms with Crippen molar-refractivity contribution in [3.05, 3.63) is 53.9 Å². The third-order valence-electron chi connectivity index (χ3n) is 4.13. The highest BCUT2D eigenvalue weighted by Gasteiger charge is 2.26. The number of rotatable bonds is 9. The first-order chi connectivity index (χ1) is 14.0. The highest BCUT2D eigenvalue weighted by atomic mass is 32.2. The van der Waals surface area contributed by atoms with Crippen molar-refractivity contribution >= 4 is 15.9 Å². The fourth-order valence-electron chi connectivity index (χ4n) is 2.49. The molecule has 0 saturated carbocycles. The van der Waals surface area contributed by atoms with E-state index in [-0.39, 0.29) is 15.8 Å². The van der Waals surface area contributed by atoms with Crippen LogP contribution in [0.15, 0.2) is 42.6 Å². The van der Waals surface area contributed by atoms with Gasteiger partial charge >= 0.3 is 6.43 Å². The first-order valence-electron chi connectivity index (χ1n) is 8.54. The van der Waals surface area contributed by atoms with Gasteiger partial charge in [0.15, 0.2) is 0 Å². The molecule has 1 amide bonds. The molecular weight excluding hydrogens is 430 g/mol. The summed E-state index contributed by atoms with van der Waals surface area (Å²) in [7, 11) is -3.99. The SMILES string of the molecule is CS(=O)(=O)N(F)Cc1ccc(-c2ccc([C@H](O)[C@@H](CF)NC(=O)C(F)F)cc2)cn1. The number of hydrogen-bond acceptors (Lipinski definition) is 5. The van der Waals surface area contributed by atoms with Gasteiger partial charge in [-0.25, -0.2) is 12.8 Å². The van der Waals surface area contributed by atoms with Gasteiger partial charge in [-0.05, 0) is 21.7 Å². The molecule has 0 aliphatic heterocycles. The van der Waals surface area contributed by atoms with Crippen LogP contribution in [0.5, 0.6) is 0 Å². The summed E-state index contributed by atoms with van der Waals surface area (Å²) in [5, 5.41) is 11.9. The molecule has 0 bridgehead atoms. The summed E-state index contributed by atoms with van der Waals surface area (Å²) in [6.07, 6.45) is -2.75. The summed E-state index contributed by atoms with van der Waals surface area (Å²) in [6, 6.07) is 7.45. The van der Waals surface area contributed by atoms with Crippen LogP contribution < -0.4 is 5.32 Å². The number of amides is 1. The summed E-state index contributed by atoms with van der Waals surface area (Å²) in [4.78, 5) is 15.0. The topological polar surface area (TPSA) is 99.6 Å². The predicted molar refractivity (Wildman–Crippen MR) is 100 cm³/mol. The van der Waals surface area contributed by atoms with Gasteiger partial charge in [-0.15, -0.1) is 4.48 Å². The molecule has 0 aliphatic carbocycles. The minimum absolute atomic E-state index is 0.180. The van der Waals surface area contributed by atoms with Crippen molar-refractivity contribution in [3.63, 3.8) is 0 Å². The summed E-state index contributed by atoms with van der Waals surface area (Å²) in [5.74, 6) is -1.68. The van der Waals surface area contributed by atoms with Gasteiger partial charge < -0.3 is 10.4 Å². The Hall–Kier alpha value is -2.57. The molecule has 0 saturated heterocycles. The minimum Gasteiger partial charge on any atom is -0.386 e. The Kier molecular flexibility index (Phi) is 7.87. The van der Waals surface area contributed by atoms with Crippen LogP contribution in [0.4, 0.5) is 17.7 Å². The predicted octanol–water partition coefficient (Wildman–Crippen LogP) is 2.15. The summed E-state index contributed by atoms with van der Waals surface area (Å²) < 4.78 is 73.0. The van der Waals surface area contributed by atoms with E-state index in [1.165, 1.54) is 24.4 Å². The van der Waals surface area contributed by atoms with E-state index in [1.54, 1.807) is 23.5 Å². The lowest BCUT2D eigenvalue weighted by molar-refractivity contribution is -0.133. The Morgan fingerprint density at radius 3 is 2.23 bits per heavy atom. The fourth-order valence-corrected chi connectivity index (χ4v) is 2.85. The second-order valence-electron chi connectivity index (χ2n) is 6.38. The van der Waals surface area contributed by atoms with Gasteiger partial charge in [-0.1, -0.05) is 30.3 Å². The second-order valence-corrected chi connectivity index (χ2v) is 8.25. The highest BCUT2D eigenvalue weighted by molar-refractivity contribution is 7.88. The lowest BCUT2D eigenvalue weighted by atomic mass is 9.99. The van der Waals surface area contributed by atoms with Crippen LogP contribution in [-0.4, -0.2) is 54.3 Å². The molecule has 1 heterocycles. The molecule has 0 aliphatic rings. The molecule has 1 aromatic heterocycles. The quantitative estimate of drug-likeness (QED) is 0.452. The van der Waals surface area contributed by atoms with Crippen molar-refractivity contribution in [1.82, 2.24) is 14.8 Å². The van der Waals surface area contributed by atoms with Crippen LogP contribution in [0.2, 0.25) is 0 Å². The molecule has 0 fully saturated rings. The van der Waals surface area contributed by atoms with Crippen molar-refractivity contribution in [2.45, 2.75) is 25.1 Å². The molecule has 7 nitrogen and oxygen atoms in total. The molecule has 2 atom stereocenters. The number of aromatic nitrogens is 1. The minimum atomic E-state index is -3.99. The van der Waals surface area contributed by atoms with Gasteiger partial charge in [-0.2, -0.15) is 8.78 Å². The van der Waals surface area contributed by atoms with Crippen LogP contribution >= 0.6 is 0 Å². The molecule has 164 valence electrons. The van der Waals surface area contributed by atoms with Gasteiger partial charge in [0.2, 0.25) is 10.0 Å². The van der Waals surface area contributed by atoms with E-state index in [4.69, 9.17) is 0 Å². The number of nitrogens with one attached hydrogen (secondary N) is 1.